The van der Waals surface area contributed by atoms with Gasteiger partial charge in [0.05, 0.1) is 0 Å². The van der Waals surface area contributed by atoms with Gasteiger partial charge >= 0.3 is 11.9 Å². The fourth-order valence-electron chi connectivity index (χ4n) is 5.10. The van der Waals surface area contributed by atoms with E-state index in [0.29, 0.717) is 12.8 Å². The zero-order valence-corrected chi connectivity index (χ0v) is 26.7. The number of esters is 1. The average molecular weight is 563 g/mol. The first-order valence-electron chi connectivity index (χ1n) is 17.3. The van der Waals surface area contributed by atoms with E-state index in [1.54, 1.807) is 0 Å². The summed E-state index contributed by atoms with van der Waals surface area (Å²) >= 11 is 0. The SMILES string of the molecule is CCCCC/C=C\C/C=C\CCCCCCCC(=O)OC(CCCCC)CCCCCCCCCCCC(=O)O. The molecule has 0 amide bonds. The molecule has 0 saturated heterocycles. The summed E-state index contributed by atoms with van der Waals surface area (Å²) in [6.07, 6.45) is 39.3. The highest BCUT2D eigenvalue weighted by atomic mass is 16.5. The maximum atomic E-state index is 12.5. The van der Waals surface area contributed by atoms with Gasteiger partial charge in [-0.15, -0.1) is 0 Å². The highest BCUT2D eigenvalue weighted by Crippen LogP contribution is 2.18. The van der Waals surface area contributed by atoms with Gasteiger partial charge in [0.25, 0.3) is 0 Å². The van der Waals surface area contributed by atoms with Gasteiger partial charge in [-0.05, 0) is 70.6 Å². The number of carbonyl (C=O) groups is 2. The molecule has 4 nitrogen and oxygen atoms in total. The molecule has 40 heavy (non-hydrogen) atoms. The summed E-state index contributed by atoms with van der Waals surface area (Å²) in [6.45, 7) is 4.47. The van der Waals surface area contributed by atoms with Crippen LogP contribution in [-0.4, -0.2) is 23.1 Å². The molecule has 0 fully saturated rings. The number of hydrogen-bond donors (Lipinski definition) is 1. The third-order valence-corrected chi connectivity index (χ3v) is 7.68. The Labute approximate surface area is 248 Å². The van der Waals surface area contributed by atoms with Gasteiger partial charge in [-0.3, -0.25) is 9.59 Å². The maximum Gasteiger partial charge on any atom is 0.306 e. The second-order valence-electron chi connectivity index (χ2n) is 11.7. The predicted octanol–water partition coefficient (Wildman–Crippen LogP) is 11.7. The molecular formula is C36H66O4. The first-order chi connectivity index (χ1) is 19.6. The minimum atomic E-state index is -0.680. The Balaban J connectivity index is 3.79. The highest BCUT2D eigenvalue weighted by Gasteiger charge is 2.14. The van der Waals surface area contributed by atoms with E-state index in [9.17, 15) is 9.59 Å². The van der Waals surface area contributed by atoms with Crippen molar-refractivity contribution in [1.29, 1.82) is 0 Å². The standard InChI is InChI=1S/C36H66O4/c1-3-5-7-8-9-10-11-12-13-14-15-19-22-25-29-33-36(39)40-34(30-26-6-4-2)31-27-23-20-17-16-18-21-24-28-32-35(37)38/h9-10,12-13,34H,3-8,11,14-33H2,1-2H3,(H,37,38)/b10-9-,13-12-. The van der Waals surface area contributed by atoms with E-state index < -0.39 is 5.97 Å². The van der Waals surface area contributed by atoms with Gasteiger partial charge in [-0.2, -0.15) is 0 Å². The smallest absolute Gasteiger partial charge is 0.306 e. The minimum Gasteiger partial charge on any atom is -0.481 e. The molecule has 0 aromatic carbocycles. The molecule has 0 aromatic rings. The molecule has 1 unspecified atom stereocenters. The number of rotatable bonds is 31. The monoisotopic (exact) mass is 562 g/mol. The lowest BCUT2D eigenvalue weighted by Gasteiger charge is -2.18. The summed E-state index contributed by atoms with van der Waals surface area (Å²) in [4.78, 5) is 23.0. The van der Waals surface area contributed by atoms with Crippen molar-refractivity contribution in [3.8, 4) is 0 Å². The summed E-state index contributed by atoms with van der Waals surface area (Å²) in [5, 5.41) is 8.68. The molecule has 0 saturated carbocycles. The lowest BCUT2D eigenvalue weighted by atomic mass is 10.0. The molecular weight excluding hydrogens is 496 g/mol. The van der Waals surface area contributed by atoms with E-state index in [4.69, 9.17) is 9.84 Å². The third-order valence-electron chi connectivity index (χ3n) is 7.68. The normalized spacial score (nSPS) is 12.4. The van der Waals surface area contributed by atoms with Crippen LogP contribution in [0.3, 0.4) is 0 Å². The fraction of sp³-hybridized carbons (Fsp3) is 0.833. The Hall–Kier alpha value is -1.58. The lowest BCUT2D eigenvalue weighted by molar-refractivity contribution is -0.150. The number of allylic oxidation sites excluding steroid dienone is 4. The van der Waals surface area contributed by atoms with Crippen LogP contribution in [0.1, 0.15) is 187 Å². The molecule has 0 rings (SSSR count). The topological polar surface area (TPSA) is 63.6 Å². The van der Waals surface area contributed by atoms with Crippen LogP contribution < -0.4 is 0 Å². The largest absolute Gasteiger partial charge is 0.481 e. The van der Waals surface area contributed by atoms with Gasteiger partial charge in [0.15, 0.2) is 0 Å². The van der Waals surface area contributed by atoms with Crippen LogP contribution in [0, 0.1) is 0 Å². The summed E-state index contributed by atoms with van der Waals surface area (Å²) in [5.41, 5.74) is 0. The van der Waals surface area contributed by atoms with Gasteiger partial charge in [0.1, 0.15) is 6.10 Å². The lowest BCUT2D eigenvalue weighted by Crippen LogP contribution is -2.18. The van der Waals surface area contributed by atoms with Crippen molar-refractivity contribution in [2.75, 3.05) is 0 Å². The molecule has 4 heteroatoms. The number of unbranched alkanes of at least 4 members (excludes halogenated alkanes) is 18. The zero-order chi connectivity index (χ0) is 29.4. The van der Waals surface area contributed by atoms with Gasteiger partial charge in [0, 0.05) is 12.8 Å². The van der Waals surface area contributed by atoms with Gasteiger partial charge in [-0.1, -0.05) is 128 Å². The number of carboxylic acids is 1. The number of ether oxygens (including phenoxy) is 1. The van der Waals surface area contributed by atoms with Crippen molar-refractivity contribution in [2.45, 2.75) is 193 Å². The first kappa shape index (κ1) is 38.4. The Morgan fingerprint density at radius 1 is 0.550 bits per heavy atom. The van der Waals surface area contributed by atoms with Crippen molar-refractivity contribution in [3.05, 3.63) is 24.3 Å². The summed E-state index contributed by atoms with van der Waals surface area (Å²) in [7, 11) is 0. The minimum absolute atomic E-state index is 0.00933. The van der Waals surface area contributed by atoms with Crippen molar-refractivity contribution in [2.24, 2.45) is 0 Å². The fourth-order valence-corrected chi connectivity index (χ4v) is 5.10. The molecule has 0 aliphatic carbocycles. The number of carboxylic acid groups (broad SMARTS) is 1. The van der Waals surface area contributed by atoms with Crippen LogP contribution in [0.15, 0.2) is 24.3 Å². The molecule has 0 aliphatic heterocycles. The molecule has 0 aliphatic rings. The highest BCUT2D eigenvalue weighted by molar-refractivity contribution is 5.69. The first-order valence-corrected chi connectivity index (χ1v) is 17.3. The Kier molecular flexibility index (Phi) is 30.7. The zero-order valence-electron chi connectivity index (χ0n) is 26.7. The summed E-state index contributed by atoms with van der Waals surface area (Å²) < 4.78 is 5.92. The molecule has 0 bridgehead atoms. The molecule has 0 radical (unpaired) electrons. The Bertz CT molecular complexity index is 610. The quantitative estimate of drug-likeness (QED) is 0.0518. The van der Waals surface area contributed by atoms with E-state index in [1.165, 1.54) is 96.3 Å². The van der Waals surface area contributed by atoms with Gasteiger partial charge in [0.2, 0.25) is 0 Å². The number of hydrogen-bond acceptors (Lipinski definition) is 3. The Morgan fingerprint density at radius 2 is 0.975 bits per heavy atom. The molecule has 234 valence electrons. The van der Waals surface area contributed by atoms with Crippen LogP contribution in [0.5, 0.6) is 0 Å². The summed E-state index contributed by atoms with van der Waals surface area (Å²) in [6, 6.07) is 0. The van der Waals surface area contributed by atoms with Crippen molar-refractivity contribution >= 4 is 11.9 Å². The maximum absolute atomic E-state index is 12.5. The van der Waals surface area contributed by atoms with Crippen LogP contribution in [0.4, 0.5) is 0 Å². The molecule has 0 spiro atoms. The van der Waals surface area contributed by atoms with Crippen LogP contribution in [0.2, 0.25) is 0 Å². The van der Waals surface area contributed by atoms with Crippen molar-refractivity contribution in [1.82, 2.24) is 0 Å². The van der Waals surface area contributed by atoms with E-state index in [0.717, 1.165) is 64.2 Å². The molecule has 1 atom stereocenters. The van der Waals surface area contributed by atoms with Crippen molar-refractivity contribution < 1.29 is 19.4 Å². The van der Waals surface area contributed by atoms with Crippen LogP contribution in [-0.2, 0) is 14.3 Å². The number of aliphatic carboxylic acids is 1. The molecule has 0 aromatic heterocycles. The average Bonchev–Trinajstić information content (AvgIpc) is 2.93. The molecule has 0 heterocycles. The summed E-state index contributed by atoms with van der Waals surface area (Å²) in [5.74, 6) is -0.671. The van der Waals surface area contributed by atoms with Gasteiger partial charge < -0.3 is 9.84 Å². The van der Waals surface area contributed by atoms with E-state index in [2.05, 4.69) is 38.2 Å². The predicted molar refractivity (Wildman–Crippen MR) is 172 cm³/mol. The van der Waals surface area contributed by atoms with Crippen molar-refractivity contribution in [3.63, 3.8) is 0 Å². The van der Waals surface area contributed by atoms with E-state index in [-0.39, 0.29) is 12.1 Å². The molecule has 1 N–H and O–H groups in total. The second-order valence-corrected chi connectivity index (χ2v) is 11.7. The van der Waals surface area contributed by atoms with E-state index in [1.807, 2.05) is 0 Å². The van der Waals surface area contributed by atoms with Crippen LogP contribution >= 0.6 is 0 Å². The van der Waals surface area contributed by atoms with Gasteiger partial charge in [-0.25, -0.2) is 0 Å². The Morgan fingerprint density at radius 3 is 1.52 bits per heavy atom. The number of carbonyl (C=O) groups excluding carboxylic acids is 1. The second kappa shape index (κ2) is 31.9. The van der Waals surface area contributed by atoms with E-state index >= 15 is 0 Å². The van der Waals surface area contributed by atoms with Crippen LogP contribution in [0.25, 0.3) is 0 Å². The third kappa shape index (κ3) is 31.0.